The summed E-state index contributed by atoms with van der Waals surface area (Å²) in [4.78, 5) is 5.57. The van der Waals surface area contributed by atoms with Crippen molar-refractivity contribution in [3.8, 4) is 0 Å². The lowest BCUT2D eigenvalue weighted by molar-refractivity contribution is 0.191. The van der Waals surface area contributed by atoms with E-state index < -0.39 is 0 Å². The minimum Gasteiger partial charge on any atom is -0.275 e. The monoisotopic (exact) mass is 245 g/mol. The minimum absolute atomic E-state index is 0.358. The summed E-state index contributed by atoms with van der Waals surface area (Å²) in [6.07, 6.45) is 7.55. The predicted molar refractivity (Wildman–Crippen MR) is 74.8 cm³/mol. The third kappa shape index (κ3) is 4.63. The molecule has 0 spiro atoms. The fraction of sp³-hybridized carbons (Fsp3) is 0.500. The van der Waals surface area contributed by atoms with Crippen LogP contribution < -0.4 is 0 Å². The maximum absolute atomic E-state index is 5.57. The minimum atomic E-state index is 0.358. The van der Waals surface area contributed by atoms with Gasteiger partial charge in [-0.3, -0.25) is 4.84 Å². The quantitative estimate of drug-likeness (QED) is 0.404. The molecular formula is C16H23NO. The van der Waals surface area contributed by atoms with Gasteiger partial charge in [0.15, 0.2) is 6.23 Å². The Hall–Kier alpha value is -1.12. The number of rotatable bonds is 7. The molecule has 0 aliphatic carbocycles. The van der Waals surface area contributed by atoms with Crippen molar-refractivity contribution in [2.24, 2.45) is 0 Å². The average Bonchev–Trinajstić information content (AvgIpc) is 3.08. The molecule has 0 N–H and O–H groups in total. The second-order valence-corrected chi connectivity index (χ2v) is 5.19. The molecule has 1 heterocycles. The molecular weight excluding hydrogens is 222 g/mol. The zero-order valence-electron chi connectivity index (χ0n) is 11.4. The van der Waals surface area contributed by atoms with E-state index in [9.17, 15) is 0 Å². The van der Waals surface area contributed by atoms with Crippen LogP contribution in [0.5, 0.6) is 0 Å². The zero-order chi connectivity index (χ0) is 12.8. The Labute approximate surface area is 110 Å². The number of hydrogen-bond acceptors (Lipinski definition) is 2. The fourth-order valence-corrected chi connectivity index (χ4v) is 2.08. The molecule has 2 nitrogen and oxygen atoms in total. The summed E-state index contributed by atoms with van der Waals surface area (Å²) < 4.78 is 0. The van der Waals surface area contributed by atoms with Gasteiger partial charge in [0, 0.05) is 0 Å². The van der Waals surface area contributed by atoms with Crippen LogP contribution >= 0.6 is 0 Å². The van der Waals surface area contributed by atoms with Crippen LogP contribution in [0.4, 0.5) is 0 Å². The van der Waals surface area contributed by atoms with Gasteiger partial charge in [-0.2, -0.15) is 5.06 Å². The summed E-state index contributed by atoms with van der Waals surface area (Å²) in [5.74, 6) is 0. The molecule has 0 amide bonds. The molecule has 1 aliphatic heterocycles. The molecule has 1 aromatic rings. The lowest BCUT2D eigenvalue weighted by atomic mass is 10.1. The number of allylic oxidation sites excluding steroid dienone is 2. The molecule has 1 aliphatic rings. The van der Waals surface area contributed by atoms with Crippen molar-refractivity contribution in [2.75, 3.05) is 0 Å². The van der Waals surface area contributed by atoms with E-state index in [2.05, 4.69) is 49.3 Å². The molecule has 1 fully saturated rings. The van der Waals surface area contributed by atoms with Gasteiger partial charge in [0.1, 0.15) is 0 Å². The van der Waals surface area contributed by atoms with Crippen LogP contribution in [0, 0.1) is 0 Å². The van der Waals surface area contributed by atoms with Crippen LogP contribution in [-0.2, 0) is 11.4 Å². The van der Waals surface area contributed by atoms with Crippen LogP contribution in [0.1, 0.15) is 45.1 Å². The van der Waals surface area contributed by atoms with E-state index in [1.54, 1.807) is 0 Å². The average molecular weight is 245 g/mol. The molecule has 2 rings (SSSR count). The normalized spacial score (nSPS) is 21.7. The lowest BCUT2D eigenvalue weighted by Gasteiger charge is -1.99. The number of hydroxylamine groups is 2. The van der Waals surface area contributed by atoms with Gasteiger partial charge < -0.3 is 0 Å². The lowest BCUT2D eigenvalue weighted by Crippen LogP contribution is -2.01. The standard InChI is InChI=1S/C16H23NO/c1-14(2)9-5-3-8-12-16-17(18-16)13-15-10-6-4-7-11-15/h4,6-7,9-11,16H,3,5,8,12-13H2,1-2H3. The number of nitrogens with zero attached hydrogens (tertiary/aromatic N) is 1. The second-order valence-electron chi connectivity index (χ2n) is 5.19. The van der Waals surface area contributed by atoms with Gasteiger partial charge >= 0.3 is 0 Å². The van der Waals surface area contributed by atoms with Crippen molar-refractivity contribution in [3.05, 3.63) is 47.5 Å². The van der Waals surface area contributed by atoms with E-state index in [0.29, 0.717) is 6.23 Å². The first-order chi connectivity index (χ1) is 8.75. The molecule has 1 saturated heterocycles. The van der Waals surface area contributed by atoms with Crippen molar-refractivity contribution in [1.29, 1.82) is 0 Å². The van der Waals surface area contributed by atoms with Crippen molar-refractivity contribution >= 4 is 0 Å². The predicted octanol–water partition coefficient (Wildman–Crippen LogP) is 4.29. The maximum Gasteiger partial charge on any atom is 0.155 e. The van der Waals surface area contributed by atoms with Gasteiger partial charge in [-0.05, 0) is 45.1 Å². The Morgan fingerprint density at radius 3 is 2.72 bits per heavy atom. The maximum atomic E-state index is 5.57. The van der Waals surface area contributed by atoms with Crippen molar-refractivity contribution in [1.82, 2.24) is 5.06 Å². The first-order valence-corrected chi connectivity index (χ1v) is 6.86. The van der Waals surface area contributed by atoms with E-state index in [0.717, 1.165) is 13.0 Å². The zero-order valence-corrected chi connectivity index (χ0v) is 11.4. The number of benzene rings is 1. The van der Waals surface area contributed by atoms with E-state index in [1.807, 2.05) is 6.07 Å². The third-order valence-corrected chi connectivity index (χ3v) is 3.17. The molecule has 0 bridgehead atoms. The molecule has 98 valence electrons. The summed E-state index contributed by atoms with van der Waals surface area (Å²) >= 11 is 0. The van der Waals surface area contributed by atoms with E-state index in [1.165, 1.54) is 30.4 Å². The summed E-state index contributed by atoms with van der Waals surface area (Å²) in [6, 6.07) is 10.5. The van der Waals surface area contributed by atoms with Crippen LogP contribution in [0.15, 0.2) is 42.0 Å². The van der Waals surface area contributed by atoms with E-state index in [-0.39, 0.29) is 0 Å². The highest BCUT2D eigenvalue weighted by Gasteiger charge is 2.35. The molecule has 18 heavy (non-hydrogen) atoms. The van der Waals surface area contributed by atoms with Gasteiger partial charge in [-0.25, -0.2) is 0 Å². The van der Waals surface area contributed by atoms with Gasteiger partial charge in [-0.15, -0.1) is 0 Å². The van der Waals surface area contributed by atoms with E-state index in [4.69, 9.17) is 4.84 Å². The molecule has 0 aromatic heterocycles. The summed E-state index contributed by atoms with van der Waals surface area (Å²) in [7, 11) is 0. The highest BCUT2D eigenvalue weighted by Crippen LogP contribution is 2.27. The molecule has 2 atom stereocenters. The van der Waals surface area contributed by atoms with Crippen molar-refractivity contribution in [3.63, 3.8) is 0 Å². The molecule has 2 heteroatoms. The Bertz CT molecular complexity index is 381. The first-order valence-electron chi connectivity index (χ1n) is 6.86. The van der Waals surface area contributed by atoms with Gasteiger partial charge in [0.2, 0.25) is 0 Å². The topological polar surface area (TPSA) is 15.5 Å². The van der Waals surface area contributed by atoms with Crippen LogP contribution in [0.3, 0.4) is 0 Å². The van der Waals surface area contributed by atoms with Crippen LogP contribution in [0.2, 0.25) is 0 Å². The van der Waals surface area contributed by atoms with Crippen molar-refractivity contribution in [2.45, 2.75) is 52.3 Å². The molecule has 0 saturated carbocycles. The largest absolute Gasteiger partial charge is 0.275 e. The number of unbranched alkanes of at least 4 members (excludes halogenated alkanes) is 2. The number of hydrogen-bond donors (Lipinski definition) is 0. The van der Waals surface area contributed by atoms with Gasteiger partial charge in [0.25, 0.3) is 0 Å². The van der Waals surface area contributed by atoms with Crippen molar-refractivity contribution < 1.29 is 4.84 Å². The second kappa shape index (κ2) is 6.72. The SMILES string of the molecule is CC(C)=CCCCCC1ON1Cc1ccccc1. The van der Waals surface area contributed by atoms with E-state index >= 15 is 0 Å². The van der Waals surface area contributed by atoms with Crippen LogP contribution in [0.25, 0.3) is 0 Å². The Balaban J connectivity index is 1.57. The highest BCUT2D eigenvalue weighted by molar-refractivity contribution is 5.14. The molecule has 1 aromatic carbocycles. The Morgan fingerprint density at radius 1 is 1.22 bits per heavy atom. The summed E-state index contributed by atoms with van der Waals surface area (Å²) in [5, 5.41) is 2.08. The van der Waals surface area contributed by atoms with Gasteiger partial charge in [-0.1, -0.05) is 42.0 Å². The smallest absolute Gasteiger partial charge is 0.155 e. The highest BCUT2D eigenvalue weighted by atomic mass is 16.8. The molecule has 2 unspecified atom stereocenters. The Morgan fingerprint density at radius 2 is 2.00 bits per heavy atom. The third-order valence-electron chi connectivity index (χ3n) is 3.17. The first kappa shape index (κ1) is 13.3. The van der Waals surface area contributed by atoms with Gasteiger partial charge in [0.05, 0.1) is 6.54 Å². The fourth-order valence-electron chi connectivity index (χ4n) is 2.08. The summed E-state index contributed by atoms with van der Waals surface area (Å²) in [6.45, 7) is 5.23. The molecule has 0 radical (unpaired) electrons. The van der Waals surface area contributed by atoms with Crippen LogP contribution in [-0.4, -0.2) is 11.3 Å². The summed E-state index contributed by atoms with van der Waals surface area (Å²) in [5.41, 5.74) is 2.74. The Kier molecular flexibility index (Phi) is 4.97.